The Morgan fingerprint density at radius 2 is 1.76 bits per heavy atom. The fourth-order valence-electron chi connectivity index (χ4n) is 4.05. The van der Waals surface area contributed by atoms with Gasteiger partial charge in [0, 0.05) is 7.05 Å². The van der Waals surface area contributed by atoms with E-state index < -0.39 is 34.1 Å². The fourth-order valence-corrected chi connectivity index (χ4v) is 5.31. The molecule has 2 aromatic carbocycles. The third-order valence-corrected chi connectivity index (χ3v) is 7.53. The summed E-state index contributed by atoms with van der Waals surface area (Å²) < 4.78 is 36.2. The van der Waals surface area contributed by atoms with Crippen LogP contribution < -0.4 is 4.18 Å². The van der Waals surface area contributed by atoms with Gasteiger partial charge in [0.15, 0.2) is 12.4 Å². The van der Waals surface area contributed by atoms with Crippen molar-refractivity contribution in [1.82, 2.24) is 4.90 Å². The number of carbonyl (C=O) groups is 2. The summed E-state index contributed by atoms with van der Waals surface area (Å²) in [4.78, 5) is 26.8. The maximum absolute atomic E-state index is 12.9. The molecule has 1 fully saturated rings. The minimum absolute atomic E-state index is 0.00163. The average Bonchev–Trinajstić information content (AvgIpc) is 2.83. The number of likely N-dealkylation sites (N-methyl/N-ethyl adjacent to an activating group) is 1. The summed E-state index contributed by atoms with van der Waals surface area (Å²) in [5.41, 5.74) is 0.229. The van der Waals surface area contributed by atoms with Crippen molar-refractivity contribution in [3.8, 4) is 11.8 Å². The zero-order valence-electron chi connectivity index (χ0n) is 19.5. The molecule has 0 saturated heterocycles. The topological polar surface area (TPSA) is 114 Å². The lowest BCUT2D eigenvalue weighted by Gasteiger charge is -2.38. The van der Waals surface area contributed by atoms with E-state index in [2.05, 4.69) is 6.07 Å². The van der Waals surface area contributed by atoms with Gasteiger partial charge in [0.05, 0.1) is 6.07 Å². The normalized spacial score (nSPS) is 15.1. The van der Waals surface area contributed by atoms with Crippen LogP contribution in [0.1, 0.15) is 53.6 Å². The number of esters is 1. The summed E-state index contributed by atoms with van der Waals surface area (Å²) in [6, 6.07) is 13.0. The van der Waals surface area contributed by atoms with Gasteiger partial charge in [0.25, 0.3) is 5.91 Å². The van der Waals surface area contributed by atoms with Gasteiger partial charge in [-0.1, -0.05) is 43.5 Å². The lowest BCUT2D eigenvalue weighted by Crippen LogP contribution is -2.51. The Kier molecular flexibility index (Phi) is 7.62. The van der Waals surface area contributed by atoms with Gasteiger partial charge < -0.3 is 13.8 Å². The molecular weight excluding hydrogens is 456 g/mol. The van der Waals surface area contributed by atoms with Crippen molar-refractivity contribution in [3.05, 3.63) is 59.2 Å². The number of amides is 1. The molecule has 1 saturated carbocycles. The Morgan fingerprint density at radius 3 is 2.44 bits per heavy atom. The molecule has 180 valence electrons. The first-order valence-corrected chi connectivity index (χ1v) is 12.5. The molecule has 0 atom stereocenters. The lowest BCUT2D eigenvalue weighted by atomic mass is 9.81. The minimum atomic E-state index is -4.21. The Bertz CT molecular complexity index is 1230. The van der Waals surface area contributed by atoms with Crippen LogP contribution in [0, 0.1) is 25.2 Å². The van der Waals surface area contributed by atoms with Crippen molar-refractivity contribution < 1.29 is 26.9 Å². The molecule has 8 nitrogen and oxygen atoms in total. The average molecular weight is 485 g/mol. The van der Waals surface area contributed by atoms with E-state index in [-0.39, 0.29) is 16.2 Å². The molecule has 2 aromatic rings. The number of ether oxygens (including phenoxy) is 1. The summed E-state index contributed by atoms with van der Waals surface area (Å²) in [7, 11) is -2.67. The second-order valence-electron chi connectivity index (χ2n) is 8.54. The molecule has 0 N–H and O–H groups in total. The number of carbonyl (C=O) groups excluding carboxylic acids is 2. The van der Waals surface area contributed by atoms with Crippen LogP contribution in [0.5, 0.6) is 5.75 Å². The molecule has 0 radical (unpaired) electrons. The van der Waals surface area contributed by atoms with Gasteiger partial charge in [-0.3, -0.25) is 4.79 Å². The molecule has 1 aliphatic carbocycles. The largest absolute Gasteiger partial charge is 0.452 e. The predicted molar refractivity (Wildman–Crippen MR) is 125 cm³/mol. The number of aryl methyl sites for hydroxylation is 2. The highest BCUT2D eigenvalue weighted by atomic mass is 32.2. The maximum Gasteiger partial charge on any atom is 0.342 e. The molecule has 0 aromatic heterocycles. The van der Waals surface area contributed by atoms with E-state index in [0.717, 1.165) is 24.8 Å². The van der Waals surface area contributed by atoms with Crippen molar-refractivity contribution in [3.63, 3.8) is 0 Å². The van der Waals surface area contributed by atoms with Crippen molar-refractivity contribution in [2.45, 2.75) is 56.4 Å². The molecule has 0 spiro atoms. The van der Waals surface area contributed by atoms with Crippen LogP contribution in [0.2, 0.25) is 0 Å². The zero-order chi connectivity index (χ0) is 24.9. The number of hydrogen-bond donors (Lipinski definition) is 0. The third kappa shape index (κ3) is 5.39. The lowest BCUT2D eigenvalue weighted by molar-refractivity contribution is -0.138. The fraction of sp³-hybridized carbons (Fsp3) is 0.400. The molecule has 1 aliphatic rings. The summed E-state index contributed by atoms with van der Waals surface area (Å²) >= 11 is 0. The van der Waals surface area contributed by atoms with Crippen molar-refractivity contribution in [1.29, 1.82) is 5.26 Å². The Hall–Kier alpha value is -3.38. The summed E-state index contributed by atoms with van der Waals surface area (Å²) in [5, 5.41) is 9.67. The molecule has 0 heterocycles. The maximum atomic E-state index is 12.9. The van der Waals surface area contributed by atoms with Crippen LogP contribution in [-0.4, -0.2) is 44.4 Å². The predicted octanol–water partition coefficient (Wildman–Crippen LogP) is 3.91. The summed E-state index contributed by atoms with van der Waals surface area (Å²) in [6.07, 6.45) is 3.87. The Labute approximate surface area is 200 Å². The van der Waals surface area contributed by atoms with Crippen molar-refractivity contribution in [2.75, 3.05) is 13.7 Å². The SMILES string of the molecule is Cc1ccc(C)c(S(=O)(=O)Oc2ccccc2C(=O)OCC(=O)N(C)C2(C#N)CCCCC2)c1. The molecule has 9 heteroatoms. The smallest absolute Gasteiger partial charge is 0.342 e. The standard InChI is InChI=1S/C25H28N2O6S/c1-18-11-12-19(2)22(15-18)34(30,31)33-21-10-6-5-9-20(21)24(29)32-16-23(28)27(3)25(17-26)13-7-4-8-14-25/h5-6,9-12,15H,4,7-8,13-14,16H2,1-3H3. The number of para-hydroxylation sites is 1. The third-order valence-electron chi connectivity index (χ3n) is 6.15. The molecule has 3 rings (SSSR count). The number of benzene rings is 2. The molecule has 0 aliphatic heterocycles. The zero-order valence-corrected chi connectivity index (χ0v) is 20.4. The van der Waals surface area contributed by atoms with Crippen LogP contribution in [0.15, 0.2) is 47.4 Å². The minimum Gasteiger partial charge on any atom is -0.452 e. The van der Waals surface area contributed by atoms with E-state index in [1.807, 2.05) is 0 Å². The molecule has 1 amide bonds. The van der Waals surface area contributed by atoms with Crippen LogP contribution in [0.4, 0.5) is 0 Å². The van der Waals surface area contributed by atoms with Crippen LogP contribution in [0.25, 0.3) is 0 Å². The molecule has 0 bridgehead atoms. The van der Waals surface area contributed by atoms with E-state index in [4.69, 9.17) is 8.92 Å². The van der Waals surface area contributed by atoms with Crippen LogP contribution in [-0.2, 0) is 19.6 Å². The molecule has 0 unspecified atom stereocenters. The quantitative estimate of drug-likeness (QED) is 0.432. The van der Waals surface area contributed by atoms with E-state index in [1.165, 1.54) is 35.2 Å². The number of hydrogen-bond acceptors (Lipinski definition) is 7. The second-order valence-corrected chi connectivity index (χ2v) is 10.1. The second kappa shape index (κ2) is 10.3. The van der Waals surface area contributed by atoms with Gasteiger partial charge in [0.1, 0.15) is 16.0 Å². The first-order valence-electron chi connectivity index (χ1n) is 11.1. The number of rotatable bonds is 7. The highest BCUT2D eigenvalue weighted by molar-refractivity contribution is 7.87. The van der Waals surface area contributed by atoms with Gasteiger partial charge in [-0.2, -0.15) is 13.7 Å². The monoisotopic (exact) mass is 484 g/mol. The van der Waals surface area contributed by atoms with Gasteiger partial charge in [-0.05, 0) is 56.0 Å². The van der Waals surface area contributed by atoms with E-state index in [9.17, 15) is 23.3 Å². The van der Waals surface area contributed by atoms with Crippen LogP contribution >= 0.6 is 0 Å². The van der Waals surface area contributed by atoms with Crippen molar-refractivity contribution >= 4 is 22.0 Å². The summed E-state index contributed by atoms with van der Waals surface area (Å²) in [6.45, 7) is 2.84. The Balaban J connectivity index is 1.74. The van der Waals surface area contributed by atoms with E-state index >= 15 is 0 Å². The molecular formula is C25H28N2O6S. The highest BCUT2D eigenvalue weighted by Crippen LogP contribution is 2.32. The highest BCUT2D eigenvalue weighted by Gasteiger charge is 2.39. The molecule has 34 heavy (non-hydrogen) atoms. The van der Waals surface area contributed by atoms with Gasteiger partial charge in [-0.15, -0.1) is 0 Å². The number of nitrogens with zero attached hydrogens (tertiary/aromatic N) is 2. The first-order chi connectivity index (χ1) is 16.1. The van der Waals surface area contributed by atoms with Gasteiger partial charge >= 0.3 is 16.1 Å². The van der Waals surface area contributed by atoms with Gasteiger partial charge in [0.2, 0.25) is 0 Å². The number of nitriles is 1. The van der Waals surface area contributed by atoms with E-state index in [0.29, 0.717) is 18.4 Å². The van der Waals surface area contributed by atoms with Gasteiger partial charge in [-0.25, -0.2) is 4.79 Å². The van der Waals surface area contributed by atoms with Crippen LogP contribution in [0.3, 0.4) is 0 Å². The summed E-state index contributed by atoms with van der Waals surface area (Å²) in [5.74, 6) is -1.60. The van der Waals surface area contributed by atoms with E-state index in [1.54, 1.807) is 33.0 Å². The first kappa shape index (κ1) is 25.2. The van der Waals surface area contributed by atoms with Crippen molar-refractivity contribution in [2.24, 2.45) is 0 Å². The Morgan fingerprint density at radius 1 is 1.09 bits per heavy atom.